The molecule has 17 heavy (non-hydrogen) atoms. The summed E-state index contributed by atoms with van der Waals surface area (Å²) < 4.78 is 26.6. The van der Waals surface area contributed by atoms with Gasteiger partial charge in [-0.1, -0.05) is 0 Å². The molecule has 0 amide bonds. The molecular formula is C10H17BrN2O2S2. The van der Waals surface area contributed by atoms with E-state index in [0.717, 1.165) is 9.35 Å². The van der Waals surface area contributed by atoms with Crippen molar-refractivity contribution in [3.8, 4) is 0 Å². The van der Waals surface area contributed by atoms with Gasteiger partial charge in [-0.25, -0.2) is 12.7 Å². The van der Waals surface area contributed by atoms with Gasteiger partial charge in [0.05, 0.1) is 9.04 Å². The van der Waals surface area contributed by atoms with Crippen molar-refractivity contribution in [2.75, 3.05) is 20.6 Å². The predicted octanol–water partition coefficient (Wildman–Crippen LogP) is 1.88. The summed E-state index contributed by atoms with van der Waals surface area (Å²) in [6.07, 6.45) is 0. The molecule has 0 saturated carbocycles. The van der Waals surface area contributed by atoms with Crippen LogP contribution in [0.3, 0.4) is 0 Å². The van der Waals surface area contributed by atoms with E-state index in [1.54, 1.807) is 32.4 Å². The Bertz CT molecular complexity index is 459. The van der Waals surface area contributed by atoms with Crippen molar-refractivity contribution in [3.05, 3.63) is 20.8 Å². The molecular weight excluding hydrogens is 324 g/mol. The zero-order valence-corrected chi connectivity index (χ0v) is 13.3. The second kappa shape index (κ2) is 6.29. The first-order chi connectivity index (χ1) is 7.87. The van der Waals surface area contributed by atoms with Crippen molar-refractivity contribution >= 4 is 37.3 Å². The van der Waals surface area contributed by atoms with E-state index >= 15 is 0 Å². The molecule has 1 unspecified atom stereocenters. The summed E-state index contributed by atoms with van der Waals surface area (Å²) in [5, 5.41) is 4.43. The number of nitrogens with zero attached hydrogens (tertiary/aromatic N) is 1. The van der Waals surface area contributed by atoms with E-state index in [4.69, 9.17) is 0 Å². The molecule has 0 saturated heterocycles. The molecule has 0 aliphatic heterocycles. The number of hydrogen-bond acceptors (Lipinski definition) is 4. The SMILES string of the molecule is CNCC(C)S(=O)(=O)N(C)Cc1csc(Br)c1. The minimum Gasteiger partial charge on any atom is -0.318 e. The first-order valence-corrected chi connectivity index (χ1v) is 8.38. The summed E-state index contributed by atoms with van der Waals surface area (Å²) in [7, 11) is 0.140. The minimum atomic E-state index is -3.23. The van der Waals surface area contributed by atoms with Crippen molar-refractivity contribution in [2.45, 2.75) is 18.7 Å². The average Bonchev–Trinajstić information content (AvgIpc) is 2.64. The van der Waals surface area contributed by atoms with Gasteiger partial charge in [-0.2, -0.15) is 0 Å². The molecule has 1 aromatic heterocycles. The van der Waals surface area contributed by atoms with Crippen LogP contribution >= 0.6 is 27.3 Å². The molecule has 0 spiro atoms. The number of halogens is 1. The van der Waals surface area contributed by atoms with Gasteiger partial charge in [0.2, 0.25) is 10.0 Å². The number of nitrogens with one attached hydrogen (secondary N) is 1. The minimum absolute atomic E-state index is 0.415. The number of hydrogen-bond donors (Lipinski definition) is 1. The van der Waals surface area contributed by atoms with Crippen LogP contribution in [0.25, 0.3) is 0 Å². The highest BCUT2D eigenvalue weighted by Crippen LogP contribution is 2.22. The van der Waals surface area contributed by atoms with Crippen molar-refractivity contribution in [2.24, 2.45) is 0 Å². The van der Waals surface area contributed by atoms with E-state index in [0.29, 0.717) is 13.1 Å². The number of sulfonamides is 1. The molecule has 0 bridgehead atoms. The van der Waals surface area contributed by atoms with Gasteiger partial charge in [0, 0.05) is 20.1 Å². The molecule has 0 fully saturated rings. The normalized spacial score (nSPS) is 14.2. The lowest BCUT2D eigenvalue weighted by atomic mass is 10.3. The molecule has 4 nitrogen and oxygen atoms in total. The number of rotatable bonds is 6. The van der Waals surface area contributed by atoms with Crippen LogP contribution in [0.4, 0.5) is 0 Å². The summed E-state index contributed by atoms with van der Waals surface area (Å²) >= 11 is 4.93. The van der Waals surface area contributed by atoms with Gasteiger partial charge in [0.25, 0.3) is 0 Å². The van der Waals surface area contributed by atoms with Gasteiger partial charge in [0.1, 0.15) is 0 Å². The fourth-order valence-electron chi connectivity index (χ4n) is 1.48. The van der Waals surface area contributed by atoms with Crippen molar-refractivity contribution in [1.29, 1.82) is 0 Å². The summed E-state index contributed by atoms with van der Waals surface area (Å²) in [4.78, 5) is 0. The Labute approximate surface area is 115 Å². The van der Waals surface area contributed by atoms with Crippen LogP contribution in [0, 0.1) is 0 Å². The van der Waals surface area contributed by atoms with E-state index in [9.17, 15) is 8.42 Å². The van der Waals surface area contributed by atoms with E-state index in [1.807, 2.05) is 11.4 Å². The lowest BCUT2D eigenvalue weighted by molar-refractivity contribution is 0.455. The first kappa shape index (κ1) is 15.1. The van der Waals surface area contributed by atoms with Gasteiger partial charge in [-0.05, 0) is 46.9 Å². The molecule has 0 aromatic carbocycles. The molecule has 1 aromatic rings. The summed E-state index contributed by atoms with van der Waals surface area (Å²) in [6.45, 7) is 2.59. The molecule has 1 N–H and O–H groups in total. The maximum atomic E-state index is 12.1. The highest BCUT2D eigenvalue weighted by molar-refractivity contribution is 9.11. The second-order valence-electron chi connectivity index (χ2n) is 3.93. The van der Waals surface area contributed by atoms with Gasteiger partial charge in [0.15, 0.2) is 0 Å². The summed E-state index contributed by atoms with van der Waals surface area (Å²) in [6, 6.07) is 1.94. The van der Waals surface area contributed by atoms with E-state index < -0.39 is 15.3 Å². The Morgan fingerprint density at radius 3 is 2.71 bits per heavy atom. The van der Waals surface area contributed by atoms with Crippen molar-refractivity contribution in [1.82, 2.24) is 9.62 Å². The highest BCUT2D eigenvalue weighted by atomic mass is 79.9. The lowest BCUT2D eigenvalue weighted by Gasteiger charge is -2.21. The van der Waals surface area contributed by atoms with Gasteiger partial charge >= 0.3 is 0 Å². The third-order valence-corrected chi connectivity index (χ3v) is 6.20. The predicted molar refractivity (Wildman–Crippen MR) is 75.8 cm³/mol. The molecule has 0 aliphatic carbocycles. The van der Waals surface area contributed by atoms with Crippen LogP contribution in [0.15, 0.2) is 15.2 Å². The highest BCUT2D eigenvalue weighted by Gasteiger charge is 2.25. The standard InChI is InChI=1S/C10H17BrN2O2S2/c1-8(5-12-2)17(14,15)13(3)6-9-4-10(11)16-7-9/h4,7-8,12H,5-6H2,1-3H3. The molecule has 0 radical (unpaired) electrons. The quantitative estimate of drug-likeness (QED) is 0.860. The Balaban J connectivity index is 2.72. The Hall–Kier alpha value is 0.0500. The first-order valence-electron chi connectivity index (χ1n) is 5.20. The van der Waals surface area contributed by atoms with E-state index in [-0.39, 0.29) is 0 Å². The Morgan fingerprint density at radius 1 is 1.59 bits per heavy atom. The fraction of sp³-hybridized carbons (Fsp3) is 0.600. The Kier molecular flexibility index (Phi) is 5.59. The molecule has 0 aliphatic rings. The van der Waals surface area contributed by atoms with Crippen LogP contribution in [0.1, 0.15) is 12.5 Å². The molecule has 98 valence electrons. The summed E-state index contributed by atoms with van der Waals surface area (Å²) in [5.41, 5.74) is 1.00. The Morgan fingerprint density at radius 2 is 2.24 bits per heavy atom. The topological polar surface area (TPSA) is 49.4 Å². The van der Waals surface area contributed by atoms with Gasteiger partial charge in [-0.3, -0.25) is 0 Å². The molecule has 7 heteroatoms. The van der Waals surface area contributed by atoms with Gasteiger partial charge in [-0.15, -0.1) is 11.3 Å². The zero-order chi connectivity index (χ0) is 13.1. The van der Waals surface area contributed by atoms with Crippen LogP contribution in [0.2, 0.25) is 0 Å². The summed E-state index contributed by atoms with van der Waals surface area (Å²) in [5.74, 6) is 0. The van der Waals surface area contributed by atoms with E-state index in [1.165, 1.54) is 4.31 Å². The smallest absolute Gasteiger partial charge is 0.218 e. The van der Waals surface area contributed by atoms with Crippen LogP contribution in [0.5, 0.6) is 0 Å². The third-order valence-electron chi connectivity index (χ3n) is 2.46. The lowest BCUT2D eigenvalue weighted by Crippen LogP contribution is -2.38. The molecule has 1 heterocycles. The largest absolute Gasteiger partial charge is 0.318 e. The maximum absolute atomic E-state index is 12.1. The van der Waals surface area contributed by atoms with Crippen LogP contribution in [-0.2, 0) is 16.6 Å². The van der Waals surface area contributed by atoms with Gasteiger partial charge < -0.3 is 5.32 Å². The second-order valence-corrected chi connectivity index (χ2v) is 8.68. The van der Waals surface area contributed by atoms with Crippen LogP contribution in [-0.4, -0.2) is 38.6 Å². The number of thiophene rings is 1. The van der Waals surface area contributed by atoms with Crippen LogP contribution < -0.4 is 5.32 Å². The monoisotopic (exact) mass is 340 g/mol. The fourth-order valence-corrected chi connectivity index (χ4v) is 4.00. The van der Waals surface area contributed by atoms with E-state index in [2.05, 4.69) is 21.2 Å². The molecule has 1 rings (SSSR count). The van der Waals surface area contributed by atoms with Crippen molar-refractivity contribution in [3.63, 3.8) is 0 Å². The molecule has 1 atom stereocenters. The maximum Gasteiger partial charge on any atom is 0.218 e. The average molecular weight is 341 g/mol. The third kappa shape index (κ3) is 4.03. The zero-order valence-electron chi connectivity index (χ0n) is 10.1. The van der Waals surface area contributed by atoms with Crippen molar-refractivity contribution < 1.29 is 8.42 Å².